The number of carbonyl (C=O) groups is 2. The fourth-order valence-electron chi connectivity index (χ4n) is 2.17. The minimum atomic E-state index is -0.675. The summed E-state index contributed by atoms with van der Waals surface area (Å²) in [5, 5.41) is 11.9. The molecule has 0 bridgehead atoms. The highest BCUT2D eigenvalue weighted by molar-refractivity contribution is 5.86. The minimum Gasteiger partial charge on any atom is -0.393 e. The van der Waals surface area contributed by atoms with E-state index < -0.39 is 12.1 Å². The molecular weight excluding hydrogens is 234 g/mol. The van der Waals surface area contributed by atoms with Gasteiger partial charge in [0.15, 0.2) is 0 Å². The fraction of sp³-hybridized carbons (Fsp3) is 0.833. The van der Waals surface area contributed by atoms with Crippen LogP contribution in [0.1, 0.15) is 33.1 Å². The van der Waals surface area contributed by atoms with Crippen molar-refractivity contribution in [3.8, 4) is 0 Å². The summed E-state index contributed by atoms with van der Waals surface area (Å²) in [6, 6.07) is -1.23. The predicted octanol–water partition coefficient (Wildman–Crippen LogP) is 0.0527. The van der Waals surface area contributed by atoms with Crippen molar-refractivity contribution < 1.29 is 14.7 Å². The van der Waals surface area contributed by atoms with E-state index in [-0.39, 0.29) is 12.0 Å². The Morgan fingerprint density at radius 1 is 1.39 bits per heavy atom. The second kappa shape index (κ2) is 6.58. The Balaban J connectivity index is 2.60. The number of amides is 3. The molecule has 0 spiro atoms. The molecule has 18 heavy (non-hydrogen) atoms. The molecule has 1 rings (SSSR count). The number of nitrogens with zero attached hydrogens (tertiary/aromatic N) is 1. The van der Waals surface area contributed by atoms with E-state index in [0.29, 0.717) is 38.3 Å². The van der Waals surface area contributed by atoms with Crippen LogP contribution in [0.3, 0.4) is 0 Å². The monoisotopic (exact) mass is 257 g/mol. The molecule has 6 heteroatoms. The maximum Gasteiger partial charge on any atom is 0.312 e. The van der Waals surface area contributed by atoms with Crippen molar-refractivity contribution >= 4 is 11.9 Å². The number of hydrogen-bond acceptors (Lipinski definition) is 3. The molecule has 0 aromatic carbocycles. The first-order valence-electron chi connectivity index (χ1n) is 6.43. The summed E-state index contributed by atoms with van der Waals surface area (Å²) in [6.07, 6.45) is 1.44. The van der Waals surface area contributed by atoms with Crippen molar-refractivity contribution in [1.29, 1.82) is 0 Å². The average Bonchev–Trinajstić information content (AvgIpc) is 2.27. The van der Waals surface area contributed by atoms with Gasteiger partial charge in [-0.05, 0) is 25.2 Å². The van der Waals surface area contributed by atoms with Gasteiger partial charge < -0.3 is 21.1 Å². The molecule has 104 valence electrons. The smallest absolute Gasteiger partial charge is 0.312 e. The van der Waals surface area contributed by atoms with Crippen LogP contribution < -0.4 is 11.1 Å². The van der Waals surface area contributed by atoms with Gasteiger partial charge in [-0.3, -0.25) is 4.79 Å². The highest BCUT2D eigenvalue weighted by atomic mass is 16.3. The number of carbonyl (C=O) groups excluding carboxylic acids is 2. The van der Waals surface area contributed by atoms with Crippen LogP contribution in [0, 0.1) is 5.92 Å². The molecule has 0 aromatic heterocycles. The van der Waals surface area contributed by atoms with E-state index in [1.807, 2.05) is 13.8 Å². The van der Waals surface area contributed by atoms with Crippen molar-refractivity contribution in [1.82, 2.24) is 10.2 Å². The molecule has 0 aliphatic carbocycles. The SMILES string of the molecule is CC(C)CC(NC(N)=O)C(=O)N1CCC(O)CC1. The van der Waals surface area contributed by atoms with Gasteiger partial charge in [0.25, 0.3) is 0 Å². The molecular formula is C12H23N3O3. The quantitative estimate of drug-likeness (QED) is 0.664. The van der Waals surface area contributed by atoms with Gasteiger partial charge in [0, 0.05) is 13.1 Å². The zero-order chi connectivity index (χ0) is 13.7. The van der Waals surface area contributed by atoms with E-state index >= 15 is 0 Å². The number of rotatable bonds is 4. The van der Waals surface area contributed by atoms with Gasteiger partial charge in [-0.2, -0.15) is 0 Å². The minimum absolute atomic E-state index is 0.102. The second-order valence-electron chi connectivity index (χ2n) is 5.25. The van der Waals surface area contributed by atoms with Crippen LogP contribution in [0.25, 0.3) is 0 Å². The Morgan fingerprint density at radius 2 is 1.94 bits per heavy atom. The van der Waals surface area contributed by atoms with Gasteiger partial charge in [-0.15, -0.1) is 0 Å². The number of nitrogens with two attached hydrogens (primary N) is 1. The van der Waals surface area contributed by atoms with Crippen molar-refractivity contribution in [2.45, 2.75) is 45.3 Å². The first-order valence-corrected chi connectivity index (χ1v) is 6.43. The molecule has 1 heterocycles. The van der Waals surface area contributed by atoms with Gasteiger partial charge >= 0.3 is 6.03 Å². The third-order valence-electron chi connectivity index (χ3n) is 3.10. The van der Waals surface area contributed by atoms with Crippen molar-refractivity contribution in [2.24, 2.45) is 11.7 Å². The Hall–Kier alpha value is -1.30. The van der Waals surface area contributed by atoms with E-state index in [4.69, 9.17) is 5.73 Å². The van der Waals surface area contributed by atoms with E-state index in [0.717, 1.165) is 0 Å². The zero-order valence-electron chi connectivity index (χ0n) is 11.1. The first kappa shape index (κ1) is 14.8. The average molecular weight is 257 g/mol. The fourth-order valence-corrected chi connectivity index (χ4v) is 2.17. The van der Waals surface area contributed by atoms with E-state index in [9.17, 15) is 14.7 Å². The molecule has 1 unspecified atom stereocenters. The lowest BCUT2D eigenvalue weighted by Gasteiger charge is -2.33. The Bertz CT molecular complexity index is 299. The molecule has 6 nitrogen and oxygen atoms in total. The largest absolute Gasteiger partial charge is 0.393 e. The number of aliphatic hydroxyl groups excluding tert-OH is 1. The summed E-state index contributed by atoms with van der Waals surface area (Å²) in [6.45, 7) is 5.05. The molecule has 1 fully saturated rings. The van der Waals surface area contributed by atoms with Gasteiger partial charge in [0.1, 0.15) is 6.04 Å². The van der Waals surface area contributed by atoms with Crippen LogP contribution in [0.15, 0.2) is 0 Å². The number of likely N-dealkylation sites (tertiary alicyclic amines) is 1. The van der Waals surface area contributed by atoms with Crippen LogP contribution in [0.4, 0.5) is 4.79 Å². The number of piperidine rings is 1. The highest BCUT2D eigenvalue weighted by Crippen LogP contribution is 2.14. The maximum absolute atomic E-state index is 12.2. The first-order chi connectivity index (χ1) is 8.40. The standard InChI is InChI=1S/C12H23N3O3/c1-8(2)7-10(14-12(13)18)11(17)15-5-3-9(16)4-6-15/h8-10,16H,3-7H2,1-2H3,(H3,13,14,18). The van der Waals surface area contributed by atoms with Crippen molar-refractivity contribution in [3.63, 3.8) is 0 Å². The summed E-state index contributed by atoms with van der Waals surface area (Å²) < 4.78 is 0. The summed E-state index contributed by atoms with van der Waals surface area (Å²) in [7, 11) is 0. The lowest BCUT2D eigenvalue weighted by atomic mass is 10.0. The van der Waals surface area contributed by atoms with Crippen LogP contribution in [-0.4, -0.2) is 47.2 Å². The molecule has 1 atom stereocenters. The Labute approximate surface area is 108 Å². The van der Waals surface area contributed by atoms with E-state index in [1.54, 1.807) is 4.90 Å². The topological polar surface area (TPSA) is 95.7 Å². The number of aliphatic hydroxyl groups is 1. The number of nitrogens with one attached hydrogen (secondary N) is 1. The summed E-state index contributed by atoms with van der Waals surface area (Å²) in [5.41, 5.74) is 5.10. The molecule has 0 saturated carbocycles. The normalized spacial score (nSPS) is 18.8. The third kappa shape index (κ3) is 4.52. The summed E-state index contributed by atoms with van der Waals surface area (Å²) in [4.78, 5) is 24.9. The predicted molar refractivity (Wildman–Crippen MR) is 67.8 cm³/mol. The van der Waals surface area contributed by atoms with Crippen LogP contribution in [0.5, 0.6) is 0 Å². The molecule has 1 aliphatic heterocycles. The number of primary amides is 1. The molecule has 3 amide bonds. The molecule has 1 aliphatic rings. The molecule has 1 saturated heterocycles. The molecule has 4 N–H and O–H groups in total. The van der Waals surface area contributed by atoms with Gasteiger partial charge in [0.2, 0.25) is 5.91 Å². The van der Waals surface area contributed by atoms with E-state index in [1.165, 1.54) is 0 Å². The second-order valence-corrected chi connectivity index (χ2v) is 5.25. The Morgan fingerprint density at radius 3 is 2.39 bits per heavy atom. The van der Waals surface area contributed by atoms with Crippen molar-refractivity contribution in [3.05, 3.63) is 0 Å². The molecule has 0 radical (unpaired) electrons. The van der Waals surface area contributed by atoms with Crippen molar-refractivity contribution in [2.75, 3.05) is 13.1 Å². The van der Waals surface area contributed by atoms with Crippen LogP contribution in [-0.2, 0) is 4.79 Å². The Kier molecular flexibility index (Phi) is 5.40. The van der Waals surface area contributed by atoms with Gasteiger partial charge in [0.05, 0.1) is 6.10 Å². The van der Waals surface area contributed by atoms with Crippen LogP contribution >= 0.6 is 0 Å². The third-order valence-corrected chi connectivity index (χ3v) is 3.10. The summed E-state index contributed by atoms with van der Waals surface area (Å²) >= 11 is 0. The maximum atomic E-state index is 12.2. The molecule has 0 aromatic rings. The zero-order valence-corrected chi connectivity index (χ0v) is 11.1. The van der Waals surface area contributed by atoms with Gasteiger partial charge in [-0.25, -0.2) is 4.79 Å². The lowest BCUT2D eigenvalue weighted by molar-refractivity contribution is -0.135. The number of urea groups is 1. The number of hydrogen-bond donors (Lipinski definition) is 3. The summed E-state index contributed by atoms with van der Waals surface area (Å²) in [5.74, 6) is 0.190. The lowest BCUT2D eigenvalue weighted by Crippen LogP contribution is -2.52. The highest BCUT2D eigenvalue weighted by Gasteiger charge is 2.28. The van der Waals surface area contributed by atoms with Crippen LogP contribution in [0.2, 0.25) is 0 Å². The van der Waals surface area contributed by atoms with E-state index in [2.05, 4.69) is 5.32 Å². The van der Waals surface area contributed by atoms with Gasteiger partial charge in [-0.1, -0.05) is 13.8 Å².